The van der Waals surface area contributed by atoms with Crippen molar-refractivity contribution in [3.63, 3.8) is 0 Å². The molecular formula is C13H17N5O. The molecule has 2 rings (SSSR count). The van der Waals surface area contributed by atoms with Crippen molar-refractivity contribution >= 4 is 11.6 Å². The predicted molar refractivity (Wildman–Crippen MR) is 73.0 cm³/mol. The number of carbonyl (C=O) groups is 1. The summed E-state index contributed by atoms with van der Waals surface area (Å²) >= 11 is 0. The van der Waals surface area contributed by atoms with Crippen molar-refractivity contribution in [2.45, 2.75) is 13.5 Å². The molecule has 2 N–H and O–H groups in total. The lowest BCUT2D eigenvalue weighted by molar-refractivity contribution is 0.0947. The molecule has 0 aromatic carbocycles. The summed E-state index contributed by atoms with van der Waals surface area (Å²) < 4.78 is 1.77. The summed E-state index contributed by atoms with van der Waals surface area (Å²) in [5, 5.41) is 10.0. The standard InChI is InChI=1S/C13H17N5O/c1-2-14-11-4-6-15-12(10-11)13(19)16-7-9-18-8-3-5-17-18/h3-6,8,10H,2,7,9H2,1H3,(H,14,15)(H,16,19). The first kappa shape index (κ1) is 13.1. The van der Waals surface area contributed by atoms with Gasteiger partial charge in [-0.1, -0.05) is 0 Å². The van der Waals surface area contributed by atoms with Crippen molar-refractivity contribution in [1.82, 2.24) is 20.1 Å². The van der Waals surface area contributed by atoms with Gasteiger partial charge in [-0.15, -0.1) is 0 Å². The highest BCUT2D eigenvalue weighted by atomic mass is 16.1. The van der Waals surface area contributed by atoms with E-state index in [2.05, 4.69) is 20.7 Å². The Hall–Kier alpha value is -2.37. The molecule has 2 heterocycles. The van der Waals surface area contributed by atoms with E-state index in [4.69, 9.17) is 0 Å². The summed E-state index contributed by atoms with van der Waals surface area (Å²) in [7, 11) is 0. The Balaban J connectivity index is 1.87. The second kappa shape index (κ2) is 6.53. The molecule has 2 aromatic rings. The van der Waals surface area contributed by atoms with Crippen LogP contribution in [0.25, 0.3) is 0 Å². The van der Waals surface area contributed by atoms with E-state index in [-0.39, 0.29) is 5.91 Å². The van der Waals surface area contributed by atoms with E-state index in [9.17, 15) is 4.79 Å². The molecule has 0 saturated carbocycles. The van der Waals surface area contributed by atoms with Crippen molar-refractivity contribution in [1.29, 1.82) is 0 Å². The van der Waals surface area contributed by atoms with Crippen LogP contribution in [0.1, 0.15) is 17.4 Å². The zero-order valence-electron chi connectivity index (χ0n) is 10.8. The molecule has 0 atom stereocenters. The number of aromatic nitrogens is 3. The third-order valence-corrected chi connectivity index (χ3v) is 2.56. The van der Waals surface area contributed by atoms with Crippen molar-refractivity contribution in [3.05, 3.63) is 42.5 Å². The predicted octanol–water partition coefficient (Wildman–Crippen LogP) is 1.14. The molecule has 6 nitrogen and oxygen atoms in total. The third kappa shape index (κ3) is 3.80. The van der Waals surface area contributed by atoms with Crippen LogP contribution < -0.4 is 10.6 Å². The molecule has 0 unspecified atom stereocenters. The van der Waals surface area contributed by atoms with Gasteiger partial charge in [-0.25, -0.2) is 0 Å². The largest absolute Gasteiger partial charge is 0.385 e. The number of pyridine rings is 1. The van der Waals surface area contributed by atoms with E-state index >= 15 is 0 Å². The highest BCUT2D eigenvalue weighted by Crippen LogP contribution is 2.07. The van der Waals surface area contributed by atoms with Gasteiger partial charge in [0.15, 0.2) is 0 Å². The molecule has 19 heavy (non-hydrogen) atoms. The molecular weight excluding hydrogens is 242 g/mol. The summed E-state index contributed by atoms with van der Waals surface area (Å²) in [6.07, 6.45) is 5.19. The molecule has 100 valence electrons. The van der Waals surface area contributed by atoms with Crippen LogP contribution in [-0.4, -0.2) is 33.8 Å². The lowest BCUT2D eigenvalue weighted by Crippen LogP contribution is -2.28. The molecule has 6 heteroatoms. The zero-order chi connectivity index (χ0) is 13.5. The number of carbonyl (C=O) groups excluding carboxylic acids is 1. The van der Waals surface area contributed by atoms with Gasteiger partial charge in [-0.3, -0.25) is 14.5 Å². The number of amides is 1. The number of nitrogens with zero attached hydrogens (tertiary/aromatic N) is 3. The Labute approximate surface area is 111 Å². The van der Waals surface area contributed by atoms with E-state index in [0.29, 0.717) is 18.8 Å². The Bertz CT molecular complexity index is 524. The van der Waals surface area contributed by atoms with Crippen LogP contribution in [0.4, 0.5) is 5.69 Å². The zero-order valence-corrected chi connectivity index (χ0v) is 10.8. The maximum atomic E-state index is 11.9. The molecule has 0 aliphatic heterocycles. The Morgan fingerprint density at radius 3 is 3.05 bits per heavy atom. The first-order valence-electron chi connectivity index (χ1n) is 6.25. The van der Waals surface area contributed by atoms with Crippen LogP contribution in [0, 0.1) is 0 Å². The minimum atomic E-state index is -0.174. The quantitative estimate of drug-likeness (QED) is 0.816. The van der Waals surface area contributed by atoms with Gasteiger partial charge in [-0.2, -0.15) is 5.10 Å². The fourth-order valence-electron chi connectivity index (χ4n) is 1.68. The van der Waals surface area contributed by atoms with E-state index < -0.39 is 0 Å². The summed E-state index contributed by atoms with van der Waals surface area (Å²) in [6, 6.07) is 5.43. The van der Waals surface area contributed by atoms with Gasteiger partial charge in [0.05, 0.1) is 6.54 Å². The van der Waals surface area contributed by atoms with Crippen LogP contribution >= 0.6 is 0 Å². The van der Waals surface area contributed by atoms with Crippen LogP contribution in [0.15, 0.2) is 36.8 Å². The van der Waals surface area contributed by atoms with Gasteiger partial charge in [0.2, 0.25) is 0 Å². The van der Waals surface area contributed by atoms with E-state index in [1.165, 1.54) is 0 Å². The molecule has 0 aliphatic rings. The average Bonchev–Trinajstić information content (AvgIpc) is 2.92. The lowest BCUT2D eigenvalue weighted by Gasteiger charge is -2.07. The minimum Gasteiger partial charge on any atom is -0.385 e. The number of hydrogen-bond acceptors (Lipinski definition) is 4. The van der Waals surface area contributed by atoms with Gasteiger partial charge in [0, 0.05) is 37.4 Å². The fraction of sp³-hybridized carbons (Fsp3) is 0.308. The molecule has 0 radical (unpaired) electrons. The van der Waals surface area contributed by atoms with E-state index in [1.54, 1.807) is 23.1 Å². The highest BCUT2D eigenvalue weighted by molar-refractivity contribution is 5.93. The number of rotatable bonds is 6. The molecule has 0 spiro atoms. The fourth-order valence-corrected chi connectivity index (χ4v) is 1.68. The second-order valence-electron chi connectivity index (χ2n) is 3.99. The van der Waals surface area contributed by atoms with Crippen LogP contribution in [0.5, 0.6) is 0 Å². The smallest absolute Gasteiger partial charge is 0.270 e. The number of hydrogen-bond donors (Lipinski definition) is 2. The van der Waals surface area contributed by atoms with Crippen molar-refractivity contribution in [2.75, 3.05) is 18.4 Å². The lowest BCUT2D eigenvalue weighted by atomic mass is 10.3. The van der Waals surface area contributed by atoms with Gasteiger partial charge >= 0.3 is 0 Å². The summed E-state index contributed by atoms with van der Waals surface area (Å²) in [5.74, 6) is -0.174. The topological polar surface area (TPSA) is 71.8 Å². The molecule has 0 bridgehead atoms. The molecule has 2 aromatic heterocycles. The number of anilines is 1. The maximum Gasteiger partial charge on any atom is 0.270 e. The van der Waals surface area contributed by atoms with Crippen molar-refractivity contribution in [3.8, 4) is 0 Å². The monoisotopic (exact) mass is 259 g/mol. The molecule has 0 aliphatic carbocycles. The van der Waals surface area contributed by atoms with Crippen LogP contribution in [-0.2, 0) is 6.54 Å². The van der Waals surface area contributed by atoms with Crippen LogP contribution in [0.2, 0.25) is 0 Å². The minimum absolute atomic E-state index is 0.174. The summed E-state index contributed by atoms with van der Waals surface area (Å²) in [4.78, 5) is 16.0. The van der Waals surface area contributed by atoms with E-state index in [0.717, 1.165) is 12.2 Å². The second-order valence-corrected chi connectivity index (χ2v) is 3.99. The number of nitrogens with one attached hydrogen (secondary N) is 2. The Morgan fingerprint density at radius 2 is 2.32 bits per heavy atom. The van der Waals surface area contributed by atoms with Gasteiger partial charge in [0.25, 0.3) is 5.91 Å². The Kier molecular flexibility index (Phi) is 4.49. The van der Waals surface area contributed by atoms with Gasteiger partial charge in [0.1, 0.15) is 5.69 Å². The Morgan fingerprint density at radius 1 is 1.42 bits per heavy atom. The van der Waals surface area contributed by atoms with E-state index in [1.807, 2.05) is 25.3 Å². The SMILES string of the molecule is CCNc1ccnc(C(=O)NCCn2cccn2)c1. The molecule has 0 saturated heterocycles. The first-order valence-corrected chi connectivity index (χ1v) is 6.25. The maximum absolute atomic E-state index is 11.9. The van der Waals surface area contributed by atoms with Crippen LogP contribution in [0.3, 0.4) is 0 Å². The van der Waals surface area contributed by atoms with Gasteiger partial charge < -0.3 is 10.6 Å². The normalized spacial score (nSPS) is 10.2. The van der Waals surface area contributed by atoms with Crippen molar-refractivity contribution < 1.29 is 4.79 Å². The summed E-state index contributed by atoms with van der Waals surface area (Å²) in [6.45, 7) is 3.98. The van der Waals surface area contributed by atoms with Gasteiger partial charge in [-0.05, 0) is 25.1 Å². The summed E-state index contributed by atoms with van der Waals surface area (Å²) in [5.41, 5.74) is 1.31. The highest BCUT2D eigenvalue weighted by Gasteiger charge is 2.07. The molecule has 1 amide bonds. The third-order valence-electron chi connectivity index (χ3n) is 2.56. The average molecular weight is 259 g/mol. The van der Waals surface area contributed by atoms with Crippen molar-refractivity contribution in [2.24, 2.45) is 0 Å². The molecule has 0 fully saturated rings. The first-order chi connectivity index (χ1) is 9.29.